The molecule has 0 radical (unpaired) electrons. The van der Waals surface area contributed by atoms with Crippen molar-refractivity contribution in [1.29, 1.82) is 0 Å². The largest absolute Gasteiger partial charge is 0.352 e. The van der Waals surface area contributed by atoms with Crippen LogP contribution in [0.5, 0.6) is 0 Å². The van der Waals surface area contributed by atoms with E-state index in [-0.39, 0.29) is 5.91 Å². The molecule has 0 spiro atoms. The van der Waals surface area contributed by atoms with E-state index in [1.165, 1.54) is 45.2 Å². The number of hydrogen-bond donors (Lipinski definition) is 1. The number of piperidine rings is 2. The molecule has 1 aromatic heterocycles. The van der Waals surface area contributed by atoms with Crippen LogP contribution < -0.4 is 5.32 Å². The normalized spacial score (nSPS) is 23.4. The third kappa shape index (κ3) is 3.49. The average molecular weight is 354 g/mol. The fourth-order valence-corrected chi connectivity index (χ4v) is 4.39. The van der Waals surface area contributed by atoms with Gasteiger partial charge in [-0.2, -0.15) is 4.68 Å². The van der Waals surface area contributed by atoms with Crippen LogP contribution in [0.1, 0.15) is 48.3 Å². The minimum absolute atomic E-state index is 0.0227. The molecule has 26 heavy (non-hydrogen) atoms. The summed E-state index contributed by atoms with van der Waals surface area (Å²) in [4.78, 5) is 15.3. The zero-order valence-electron chi connectivity index (χ0n) is 15.3. The predicted octanol–water partition coefficient (Wildman–Crippen LogP) is 1.97. The summed E-state index contributed by atoms with van der Waals surface area (Å²) in [6.07, 6.45) is 6.36. The molecule has 0 aliphatic carbocycles. The van der Waals surface area contributed by atoms with Gasteiger partial charge in [-0.05, 0) is 80.2 Å². The summed E-state index contributed by atoms with van der Waals surface area (Å²) in [5.41, 5.74) is 1.45. The zero-order chi connectivity index (χ0) is 17.9. The molecule has 2 atom stereocenters. The quantitative estimate of drug-likeness (QED) is 0.908. The van der Waals surface area contributed by atoms with Gasteiger partial charge in [-0.25, -0.2) is 0 Å². The maximum Gasteiger partial charge on any atom is 0.251 e. The van der Waals surface area contributed by atoms with E-state index in [1.54, 1.807) is 4.68 Å². The molecule has 0 unspecified atom stereocenters. The Kier molecular flexibility index (Phi) is 4.97. The zero-order valence-corrected chi connectivity index (χ0v) is 15.3. The molecular weight excluding hydrogens is 328 g/mol. The molecular formula is C19H26N6O. The summed E-state index contributed by atoms with van der Waals surface area (Å²) < 4.78 is 1.64. The Labute approximate surface area is 153 Å². The van der Waals surface area contributed by atoms with E-state index in [2.05, 4.69) is 25.7 Å². The van der Waals surface area contributed by atoms with Crippen molar-refractivity contribution in [2.24, 2.45) is 5.92 Å². The van der Waals surface area contributed by atoms with Crippen LogP contribution in [0.2, 0.25) is 0 Å². The molecule has 2 aromatic rings. The van der Waals surface area contributed by atoms with E-state index in [1.807, 2.05) is 31.2 Å². The van der Waals surface area contributed by atoms with Gasteiger partial charge in [0.05, 0.1) is 5.69 Å². The Morgan fingerprint density at radius 3 is 2.96 bits per heavy atom. The molecule has 7 heteroatoms. The predicted molar refractivity (Wildman–Crippen MR) is 98.2 cm³/mol. The van der Waals surface area contributed by atoms with Crippen LogP contribution in [0, 0.1) is 12.8 Å². The second kappa shape index (κ2) is 7.53. The number of tetrazole rings is 1. The Morgan fingerprint density at radius 1 is 1.23 bits per heavy atom. The van der Waals surface area contributed by atoms with Crippen molar-refractivity contribution >= 4 is 5.91 Å². The lowest BCUT2D eigenvalue weighted by atomic mass is 9.83. The average Bonchev–Trinajstić information content (AvgIpc) is 3.12. The number of amides is 1. The van der Waals surface area contributed by atoms with Gasteiger partial charge in [0.15, 0.2) is 5.82 Å². The summed E-state index contributed by atoms with van der Waals surface area (Å²) >= 11 is 0. The number of hydrogen-bond acceptors (Lipinski definition) is 5. The molecule has 1 N–H and O–H groups in total. The lowest BCUT2D eigenvalue weighted by molar-refractivity contribution is 0.0575. The summed E-state index contributed by atoms with van der Waals surface area (Å²) in [7, 11) is 0. The van der Waals surface area contributed by atoms with Crippen LogP contribution >= 0.6 is 0 Å². The van der Waals surface area contributed by atoms with Crippen molar-refractivity contribution in [3.05, 3.63) is 35.7 Å². The van der Waals surface area contributed by atoms with E-state index in [0.717, 1.165) is 12.2 Å². The lowest BCUT2D eigenvalue weighted by Crippen LogP contribution is -2.51. The molecule has 2 fully saturated rings. The molecule has 138 valence electrons. The Bertz CT molecular complexity index is 771. The summed E-state index contributed by atoms with van der Waals surface area (Å²) in [6, 6.07) is 8.10. The summed E-state index contributed by atoms with van der Waals surface area (Å²) in [5, 5.41) is 14.7. The van der Waals surface area contributed by atoms with Gasteiger partial charge in [0.2, 0.25) is 0 Å². The Morgan fingerprint density at radius 2 is 2.12 bits per heavy atom. The first-order valence-electron chi connectivity index (χ1n) is 9.60. The highest BCUT2D eigenvalue weighted by molar-refractivity contribution is 5.94. The number of aromatic nitrogens is 4. The first kappa shape index (κ1) is 17.1. The van der Waals surface area contributed by atoms with E-state index in [0.29, 0.717) is 23.3 Å². The van der Waals surface area contributed by atoms with Gasteiger partial charge in [-0.15, -0.1) is 5.10 Å². The van der Waals surface area contributed by atoms with E-state index in [9.17, 15) is 4.79 Å². The van der Waals surface area contributed by atoms with Crippen LogP contribution in [0.15, 0.2) is 24.3 Å². The van der Waals surface area contributed by atoms with Crippen LogP contribution in [-0.4, -0.2) is 56.7 Å². The maximum atomic E-state index is 12.7. The van der Waals surface area contributed by atoms with Crippen molar-refractivity contribution in [2.75, 3.05) is 19.6 Å². The van der Waals surface area contributed by atoms with E-state index < -0.39 is 0 Å². The van der Waals surface area contributed by atoms with Crippen molar-refractivity contribution in [2.45, 2.75) is 45.1 Å². The molecule has 1 aromatic carbocycles. The maximum absolute atomic E-state index is 12.7. The van der Waals surface area contributed by atoms with Crippen LogP contribution in [-0.2, 0) is 0 Å². The lowest BCUT2D eigenvalue weighted by Gasteiger charge is -2.44. The van der Waals surface area contributed by atoms with Crippen molar-refractivity contribution in [3.8, 4) is 5.69 Å². The van der Waals surface area contributed by atoms with Crippen LogP contribution in [0.25, 0.3) is 5.69 Å². The second-order valence-electron chi connectivity index (χ2n) is 7.40. The highest BCUT2D eigenvalue weighted by atomic mass is 16.1. The number of nitrogens with one attached hydrogen (secondary N) is 1. The molecule has 4 rings (SSSR count). The standard InChI is InChI=1S/C19H26N6O/c1-14-21-22-23-25(14)17-8-4-6-15(12-17)19(26)20-13-16-7-5-11-24-10-3-2-9-18(16)24/h4,6,8,12,16,18H,2-3,5,7,9-11,13H2,1H3,(H,20,26)/t16-,18+/m0/s1. The first-order chi connectivity index (χ1) is 12.7. The molecule has 2 aliphatic heterocycles. The van der Waals surface area contributed by atoms with Gasteiger partial charge in [-0.3, -0.25) is 4.79 Å². The molecule has 0 bridgehead atoms. The van der Waals surface area contributed by atoms with Gasteiger partial charge in [0, 0.05) is 18.2 Å². The number of carbonyl (C=O) groups excluding carboxylic acids is 1. The minimum atomic E-state index is -0.0227. The third-order valence-electron chi connectivity index (χ3n) is 5.73. The fourth-order valence-electron chi connectivity index (χ4n) is 4.39. The van der Waals surface area contributed by atoms with Crippen molar-refractivity contribution < 1.29 is 4.79 Å². The smallest absolute Gasteiger partial charge is 0.251 e. The number of carbonyl (C=O) groups is 1. The van der Waals surface area contributed by atoms with Gasteiger partial charge < -0.3 is 10.2 Å². The van der Waals surface area contributed by atoms with Crippen molar-refractivity contribution in [1.82, 2.24) is 30.4 Å². The minimum Gasteiger partial charge on any atom is -0.352 e. The molecule has 0 saturated carbocycles. The monoisotopic (exact) mass is 354 g/mol. The fraction of sp³-hybridized carbons (Fsp3) is 0.579. The molecule has 2 saturated heterocycles. The number of benzene rings is 1. The van der Waals surface area contributed by atoms with Gasteiger partial charge in [-0.1, -0.05) is 12.5 Å². The van der Waals surface area contributed by atoms with Crippen LogP contribution in [0.4, 0.5) is 0 Å². The number of nitrogens with zero attached hydrogens (tertiary/aromatic N) is 5. The Hall–Kier alpha value is -2.28. The summed E-state index contributed by atoms with van der Waals surface area (Å²) in [6.45, 7) is 5.05. The SMILES string of the molecule is Cc1nnnn1-c1cccc(C(=O)NC[C@@H]2CCCN3CCCC[C@H]23)c1. The van der Waals surface area contributed by atoms with Gasteiger partial charge in [0.1, 0.15) is 0 Å². The third-order valence-corrected chi connectivity index (χ3v) is 5.73. The molecule has 2 aliphatic rings. The van der Waals surface area contributed by atoms with Gasteiger partial charge >= 0.3 is 0 Å². The topological polar surface area (TPSA) is 75.9 Å². The number of rotatable bonds is 4. The summed E-state index contributed by atoms with van der Waals surface area (Å²) in [5.74, 6) is 1.24. The molecule has 3 heterocycles. The highest BCUT2D eigenvalue weighted by Crippen LogP contribution is 2.30. The van der Waals surface area contributed by atoms with Crippen LogP contribution in [0.3, 0.4) is 0 Å². The highest BCUT2D eigenvalue weighted by Gasteiger charge is 2.32. The molecule has 7 nitrogen and oxygen atoms in total. The first-order valence-corrected chi connectivity index (χ1v) is 9.60. The van der Waals surface area contributed by atoms with Gasteiger partial charge in [0.25, 0.3) is 5.91 Å². The number of fused-ring (bicyclic) bond motifs is 1. The number of aryl methyl sites for hydroxylation is 1. The Balaban J connectivity index is 1.41. The van der Waals surface area contributed by atoms with E-state index in [4.69, 9.17) is 0 Å². The van der Waals surface area contributed by atoms with E-state index >= 15 is 0 Å². The second-order valence-corrected chi connectivity index (χ2v) is 7.40. The van der Waals surface area contributed by atoms with Crippen molar-refractivity contribution in [3.63, 3.8) is 0 Å². The molecule has 1 amide bonds.